The Kier molecular flexibility index (Phi) is 5.08. The average Bonchev–Trinajstić information content (AvgIpc) is 2.71. The summed E-state index contributed by atoms with van der Waals surface area (Å²) in [5, 5.41) is 1.63. The lowest BCUT2D eigenvalue weighted by Crippen LogP contribution is -2.23. The summed E-state index contributed by atoms with van der Waals surface area (Å²) >= 11 is 0. The molecule has 0 saturated carbocycles. The van der Waals surface area contributed by atoms with Gasteiger partial charge in [0.15, 0.2) is 11.5 Å². The van der Waals surface area contributed by atoms with Crippen molar-refractivity contribution in [1.29, 1.82) is 0 Å². The molecule has 0 spiro atoms. The third kappa shape index (κ3) is 4.16. The Morgan fingerprint density at radius 1 is 1.03 bits per heavy atom. The smallest absolute Gasteiger partial charge is 0.240 e. The molecule has 0 radical (unpaired) electrons. The summed E-state index contributed by atoms with van der Waals surface area (Å²) < 4.78 is 38.3. The Labute approximate surface area is 169 Å². The first-order chi connectivity index (χ1) is 13.9. The molecular formula is C22H20N2O4S. The molecule has 0 aliphatic carbocycles. The van der Waals surface area contributed by atoms with E-state index in [4.69, 9.17) is 9.47 Å². The van der Waals surface area contributed by atoms with Gasteiger partial charge in [0.25, 0.3) is 0 Å². The van der Waals surface area contributed by atoms with E-state index in [-0.39, 0.29) is 4.90 Å². The van der Waals surface area contributed by atoms with Crippen LogP contribution >= 0.6 is 0 Å². The predicted octanol–water partition coefficient (Wildman–Crippen LogP) is 3.03. The number of hydrogen-bond donors (Lipinski definition) is 1. The van der Waals surface area contributed by atoms with Crippen LogP contribution in [0.2, 0.25) is 0 Å². The maximum atomic E-state index is 12.0. The molecule has 4 rings (SSSR count). The van der Waals surface area contributed by atoms with Crippen molar-refractivity contribution in [2.24, 2.45) is 4.99 Å². The van der Waals surface area contributed by atoms with Gasteiger partial charge in [-0.3, -0.25) is 0 Å². The first-order valence-corrected chi connectivity index (χ1v) is 10.6. The maximum Gasteiger partial charge on any atom is 0.240 e. The summed E-state index contributed by atoms with van der Waals surface area (Å²) in [5.41, 5.74) is 1.59. The van der Waals surface area contributed by atoms with E-state index in [1.807, 2.05) is 30.3 Å². The normalized spacial score (nSPS) is 12.3. The summed E-state index contributed by atoms with van der Waals surface area (Å²) in [6, 6.07) is 17.7. The Balaban J connectivity index is 1.48. The van der Waals surface area contributed by atoms with Crippen LogP contribution in [0.5, 0.6) is 17.2 Å². The number of rotatable bonds is 6. The van der Waals surface area contributed by atoms with Crippen LogP contribution in [0.1, 0.15) is 12.5 Å². The van der Waals surface area contributed by atoms with Crippen molar-refractivity contribution in [3.63, 3.8) is 0 Å². The zero-order valence-corrected chi connectivity index (χ0v) is 16.7. The molecule has 3 aromatic rings. The zero-order valence-electron chi connectivity index (χ0n) is 15.9. The molecule has 0 atom stereocenters. The summed E-state index contributed by atoms with van der Waals surface area (Å²) in [6.45, 7) is 6.30. The molecule has 0 amide bonds. The summed E-state index contributed by atoms with van der Waals surface area (Å²) in [7, 11) is -3.45. The molecule has 0 saturated heterocycles. The minimum Gasteiger partial charge on any atom is -0.489 e. The topological polar surface area (TPSA) is 77.0 Å². The summed E-state index contributed by atoms with van der Waals surface area (Å²) in [5.74, 6) is 1.92. The van der Waals surface area contributed by atoms with Crippen LogP contribution in [-0.2, 0) is 16.6 Å². The van der Waals surface area contributed by atoms with Crippen molar-refractivity contribution in [3.8, 4) is 17.2 Å². The molecule has 3 aromatic carbocycles. The average molecular weight is 408 g/mol. The van der Waals surface area contributed by atoms with Crippen LogP contribution in [-0.4, -0.2) is 15.0 Å². The predicted molar refractivity (Wildman–Crippen MR) is 111 cm³/mol. The molecule has 0 fully saturated rings. The van der Waals surface area contributed by atoms with Gasteiger partial charge in [0.2, 0.25) is 10.0 Å². The van der Waals surface area contributed by atoms with Gasteiger partial charge in [-0.05, 0) is 47.2 Å². The Hall–Kier alpha value is -3.16. The molecular weight excluding hydrogens is 388 g/mol. The summed E-state index contributed by atoms with van der Waals surface area (Å²) in [4.78, 5) is 4.82. The van der Waals surface area contributed by atoms with Gasteiger partial charge in [0.1, 0.15) is 23.4 Å². The zero-order chi connectivity index (χ0) is 20.4. The second-order valence-corrected chi connectivity index (χ2v) is 8.35. The molecule has 148 valence electrons. The largest absolute Gasteiger partial charge is 0.489 e. The van der Waals surface area contributed by atoms with Crippen molar-refractivity contribution in [1.82, 2.24) is 4.72 Å². The fraction of sp³-hybridized carbons (Fsp3) is 0.136. The minimum absolute atomic E-state index is 0.232. The van der Waals surface area contributed by atoms with Gasteiger partial charge >= 0.3 is 0 Å². The molecule has 0 unspecified atom stereocenters. The van der Waals surface area contributed by atoms with E-state index in [2.05, 4.69) is 16.3 Å². The molecule has 0 aromatic heterocycles. The van der Waals surface area contributed by atoms with Crippen molar-refractivity contribution in [2.75, 3.05) is 6.54 Å². The highest BCUT2D eigenvalue weighted by atomic mass is 32.2. The Morgan fingerprint density at radius 3 is 2.59 bits per heavy atom. The van der Waals surface area contributed by atoms with E-state index in [1.54, 1.807) is 37.3 Å². The van der Waals surface area contributed by atoms with Crippen LogP contribution < -0.4 is 24.8 Å². The SMILES string of the molecule is C=c1ccc2c(c1)Oc1cc(OCc3ccc(S(=O)(=O)NCC)cc3)ccc1N=2. The van der Waals surface area contributed by atoms with E-state index in [0.29, 0.717) is 30.4 Å². The van der Waals surface area contributed by atoms with E-state index in [9.17, 15) is 8.42 Å². The quantitative estimate of drug-likeness (QED) is 0.532. The fourth-order valence-corrected chi connectivity index (χ4v) is 3.99. The second-order valence-electron chi connectivity index (χ2n) is 6.58. The fourth-order valence-electron chi connectivity index (χ4n) is 2.94. The molecule has 1 aliphatic heterocycles. The van der Waals surface area contributed by atoms with E-state index in [0.717, 1.165) is 21.8 Å². The van der Waals surface area contributed by atoms with Crippen LogP contribution in [0.3, 0.4) is 0 Å². The van der Waals surface area contributed by atoms with Crippen molar-refractivity contribution < 1.29 is 17.9 Å². The maximum absolute atomic E-state index is 12.0. The number of nitrogens with zero attached hydrogens (tertiary/aromatic N) is 1. The minimum atomic E-state index is -3.45. The molecule has 1 N–H and O–H groups in total. The monoisotopic (exact) mass is 408 g/mol. The number of hydrogen-bond acceptors (Lipinski definition) is 5. The standard InChI is InChI=1S/C22H20N2O4S/c1-3-23-29(25,26)18-8-5-16(6-9-18)14-27-17-7-11-20-22(13-17)28-21-12-15(2)4-10-19(21)24-20/h4-13,23H,2-3,14H2,1H3. The lowest BCUT2D eigenvalue weighted by Gasteiger charge is -2.15. The molecule has 1 heterocycles. The highest BCUT2D eigenvalue weighted by molar-refractivity contribution is 7.89. The van der Waals surface area contributed by atoms with E-state index >= 15 is 0 Å². The number of nitrogens with one attached hydrogen (secondary N) is 1. The molecule has 6 nitrogen and oxygen atoms in total. The van der Waals surface area contributed by atoms with Gasteiger partial charge in [-0.15, -0.1) is 0 Å². The first-order valence-electron chi connectivity index (χ1n) is 9.16. The number of sulfonamides is 1. The summed E-state index contributed by atoms with van der Waals surface area (Å²) in [6.07, 6.45) is 0. The van der Waals surface area contributed by atoms with Crippen molar-refractivity contribution in [3.05, 3.63) is 76.8 Å². The van der Waals surface area contributed by atoms with E-state index in [1.165, 1.54) is 0 Å². The van der Waals surface area contributed by atoms with Crippen molar-refractivity contribution >= 4 is 22.3 Å². The van der Waals surface area contributed by atoms with Crippen LogP contribution in [0.25, 0.3) is 6.58 Å². The molecule has 0 bridgehead atoms. The van der Waals surface area contributed by atoms with E-state index < -0.39 is 10.0 Å². The van der Waals surface area contributed by atoms with Crippen molar-refractivity contribution in [2.45, 2.75) is 18.4 Å². The Morgan fingerprint density at radius 2 is 1.83 bits per heavy atom. The van der Waals surface area contributed by atoms with Gasteiger partial charge in [0, 0.05) is 12.6 Å². The number of ether oxygens (including phenoxy) is 2. The van der Waals surface area contributed by atoms with Gasteiger partial charge in [0.05, 0.1) is 4.90 Å². The third-order valence-corrected chi connectivity index (χ3v) is 5.95. The lowest BCUT2D eigenvalue weighted by molar-refractivity contribution is 0.304. The third-order valence-electron chi connectivity index (χ3n) is 4.39. The molecule has 1 aliphatic rings. The molecule has 7 heteroatoms. The second kappa shape index (κ2) is 7.69. The van der Waals surface area contributed by atoms with Crippen LogP contribution in [0, 0.1) is 0 Å². The van der Waals surface area contributed by atoms with Gasteiger partial charge in [-0.2, -0.15) is 0 Å². The van der Waals surface area contributed by atoms with Gasteiger partial charge in [-0.1, -0.05) is 31.7 Å². The van der Waals surface area contributed by atoms with Crippen LogP contribution in [0.15, 0.2) is 70.6 Å². The van der Waals surface area contributed by atoms with Gasteiger partial charge < -0.3 is 9.47 Å². The Bertz CT molecular complexity index is 1270. The van der Waals surface area contributed by atoms with Gasteiger partial charge in [-0.25, -0.2) is 18.1 Å². The highest BCUT2D eigenvalue weighted by Crippen LogP contribution is 2.36. The lowest BCUT2D eigenvalue weighted by atomic mass is 10.2. The number of fused-ring (bicyclic) bond motifs is 2. The first kappa shape index (κ1) is 19.2. The van der Waals surface area contributed by atoms with Crippen LogP contribution in [0.4, 0.5) is 5.69 Å². The molecule has 29 heavy (non-hydrogen) atoms. The number of benzene rings is 3. The highest BCUT2D eigenvalue weighted by Gasteiger charge is 2.14.